The van der Waals surface area contributed by atoms with Crippen molar-refractivity contribution in [1.29, 1.82) is 0 Å². The van der Waals surface area contributed by atoms with Gasteiger partial charge in [-0.3, -0.25) is 0 Å². The molecule has 2 aromatic rings. The first-order valence-corrected chi connectivity index (χ1v) is 7.21. The molecular formula is C13H16N4OS. The summed E-state index contributed by atoms with van der Waals surface area (Å²) in [4.78, 5) is 0. The van der Waals surface area contributed by atoms with E-state index < -0.39 is 0 Å². The third-order valence-corrected chi connectivity index (χ3v) is 4.22. The van der Waals surface area contributed by atoms with Crippen LogP contribution in [-0.2, 0) is 6.42 Å². The number of nitrogens with one attached hydrogen (secondary N) is 1. The number of methoxy groups -OCH3 is 1. The van der Waals surface area contributed by atoms with Crippen molar-refractivity contribution in [3.8, 4) is 5.75 Å². The van der Waals surface area contributed by atoms with Gasteiger partial charge in [0.1, 0.15) is 5.75 Å². The molecule has 1 aliphatic rings. The lowest BCUT2D eigenvalue weighted by Crippen LogP contribution is -2.33. The number of rotatable bonds is 3. The van der Waals surface area contributed by atoms with Crippen LogP contribution in [-0.4, -0.2) is 33.8 Å². The Morgan fingerprint density at radius 2 is 2.16 bits per heavy atom. The van der Waals surface area contributed by atoms with Gasteiger partial charge in [0.2, 0.25) is 5.16 Å². The molecule has 0 aliphatic carbocycles. The van der Waals surface area contributed by atoms with Gasteiger partial charge in [-0.2, -0.15) is 0 Å². The largest absolute Gasteiger partial charge is 0.497 e. The third-order valence-electron chi connectivity index (χ3n) is 3.03. The van der Waals surface area contributed by atoms with E-state index in [-0.39, 0.29) is 0 Å². The van der Waals surface area contributed by atoms with Gasteiger partial charge in [0.25, 0.3) is 0 Å². The van der Waals surface area contributed by atoms with Gasteiger partial charge >= 0.3 is 0 Å². The molecule has 3 rings (SSSR count). The van der Waals surface area contributed by atoms with E-state index in [4.69, 9.17) is 4.74 Å². The number of fused-ring (bicyclic) bond motifs is 1. The average Bonchev–Trinajstić information content (AvgIpc) is 2.82. The molecule has 1 aromatic heterocycles. The molecule has 0 spiro atoms. The molecule has 0 amide bonds. The molecule has 1 unspecified atom stereocenters. The Kier molecular flexibility index (Phi) is 3.33. The maximum atomic E-state index is 5.16. The number of thioether (sulfide) groups is 1. The van der Waals surface area contributed by atoms with Crippen molar-refractivity contribution >= 4 is 11.8 Å². The average molecular weight is 276 g/mol. The number of aromatic nitrogens is 3. The van der Waals surface area contributed by atoms with Crippen LogP contribution in [0.5, 0.6) is 5.75 Å². The second-order valence-corrected chi connectivity index (χ2v) is 5.59. The molecule has 1 atom stereocenters. The number of hydrogen-bond donors (Lipinski definition) is 1. The first-order chi connectivity index (χ1) is 9.26. The molecular weight excluding hydrogens is 260 g/mol. The van der Waals surface area contributed by atoms with Gasteiger partial charge < -0.3 is 10.2 Å². The lowest BCUT2D eigenvalue weighted by molar-refractivity contribution is 0.414. The Balaban J connectivity index is 1.81. The predicted molar refractivity (Wildman–Crippen MR) is 75.4 cm³/mol. The normalized spacial score (nSPS) is 17.7. The molecule has 5 nitrogen and oxygen atoms in total. The molecule has 19 heavy (non-hydrogen) atoms. The molecule has 0 saturated heterocycles. The molecule has 1 N–H and O–H groups in total. The maximum absolute atomic E-state index is 5.16. The van der Waals surface area contributed by atoms with Crippen molar-refractivity contribution in [3.05, 3.63) is 35.7 Å². The molecule has 0 fully saturated rings. The van der Waals surface area contributed by atoms with Crippen molar-refractivity contribution in [2.45, 2.75) is 24.5 Å². The number of benzene rings is 1. The zero-order valence-corrected chi connectivity index (χ0v) is 11.8. The van der Waals surface area contributed by atoms with E-state index in [0.717, 1.165) is 28.9 Å². The zero-order valence-electron chi connectivity index (χ0n) is 11.0. The van der Waals surface area contributed by atoms with Crippen LogP contribution in [0.3, 0.4) is 0 Å². The van der Waals surface area contributed by atoms with E-state index in [1.165, 1.54) is 5.56 Å². The first-order valence-electron chi connectivity index (χ1n) is 6.23. The van der Waals surface area contributed by atoms with Crippen LogP contribution in [0.2, 0.25) is 0 Å². The van der Waals surface area contributed by atoms with Crippen LogP contribution < -0.4 is 10.2 Å². The van der Waals surface area contributed by atoms with Crippen molar-refractivity contribution in [1.82, 2.24) is 14.9 Å². The van der Waals surface area contributed by atoms with Crippen molar-refractivity contribution < 1.29 is 4.74 Å². The van der Waals surface area contributed by atoms with Crippen LogP contribution in [0.1, 0.15) is 18.3 Å². The SMILES string of the molecule is COc1ccc(Cc2nnc3n2NC(C)CS3)cc1. The third kappa shape index (κ3) is 2.53. The Morgan fingerprint density at radius 1 is 1.37 bits per heavy atom. The summed E-state index contributed by atoms with van der Waals surface area (Å²) in [5.41, 5.74) is 4.59. The highest BCUT2D eigenvalue weighted by Gasteiger charge is 2.20. The highest BCUT2D eigenvalue weighted by atomic mass is 32.2. The molecule has 1 aromatic carbocycles. The second-order valence-electron chi connectivity index (χ2n) is 4.60. The Morgan fingerprint density at radius 3 is 2.89 bits per heavy atom. The minimum Gasteiger partial charge on any atom is -0.497 e. The summed E-state index contributed by atoms with van der Waals surface area (Å²) in [5, 5.41) is 9.42. The van der Waals surface area contributed by atoms with Crippen LogP contribution in [0.15, 0.2) is 29.4 Å². The summed E-state index contributed by atoms with van der Waals surface area (Å²) in [6.07, 6.45) is 0.761. The standard InChI is InChI=1S/C13H16N4OS/c1-9-8-19-13-15-14-12(17(13)16-9)7-10-3-5-11(18-2)6-4-10/h3-6,9,16H,7-8H2,1-2H3. The van der Waals surface area contributed by atoms with Crippen molar-refractivity contribution in [2.75, 3.05) is 18.3 Å². The van der Waals surface area contributed by atoms with Gasteiger partial charge in [-0.15, -0.1) is 10.2 Å². The Bertz CT molecular complexity index is 567. The highest BCUT2D eigenvalue weighted by Crippen LogP contribution is 2.23. The van der Waals surface area contributed by atoms with E-state index in [2.05, 4.69) is 34.7 Å². The predicted octanol–water partition coefficient (Wildman–Crippen LogP) is 1.92. The lowest BCUT2D eigenvalue weighted by atomic mass is 10.1. The van der Waals surface area contributed by atoms with Gasteiger partial charge in [-0.1, -0.05) is 23.9 Å². The number of ether oxygens (including phenoxy) is 1. The summed E-state index contributed by atoms with van der Waals surface area (Å²) in [6.45, 7) is 2.16. The fourth-order valence-electron chi connectivity index (χ4n) is 2.02. The Hall–Kier alpha value is -1.69. The molecule has 2 heterocycles. The summed E-state index contributed by atoms with van der Waals surface area (Å²) < 4.78 is 7.16. The molecule has 0 radical (unpaired) electrons. The van der Waals surface area contributed by atoms with Gasteiger partial charge in [-0.05, 0) is 24.6 Å². The second kappa shape index (κ2) is 5.13. The summed E-state index contributed by atoms with van der Waals surface area (Å²) in [7, 11) is 1.67. The van der Waals surface area contributed by atoms with Crippen LogP contribution in [0.4, 0.5) is 0 Å². The summed E-state index contributed by atoms with van der Waals surface area (Å²) in [5.74, 6) is 2.84. The monoisotopic (exact) mass is 276 g/mol. The quantitative estimate of drug-likeness (QED) is 0.928. The molecule has 6 heteroatoms. The van der Waals surface area contributed by atoms with E-state index in [1.54, 1.807) is 18.9 Å². The fraction of sp³-hybridized carbons (Fsp3) is 0.385. The van der Waals surface area contributed by atoms with Crippen LogP contribution in [0, 0.1) is 0 Å². The number of hydrogen-bond acceptors (Lipinski definition) is 5. The summed E-state index contributed by atoms with van der Waals surface area (Å²) >= 11 is 1.74. The maximum Gasteiger partial charge on any atom is 0.210 e. The first kappa shape index (κ1) is 12.3. The number of nitrogens with zero attached hydrogens (tertiary/aromatic N) is 3. The van der Waals surface area contributed by atoms with Gasteiger partial charge in [0.05, 0.1) is 7.11 Å². The zero-order chi connectivity index (χ0) is 13.2. The smallest absolute Gasteiger partial charge is 0.210 e. The van der Waals surface area contributed by atoms with E-state index in [1.807, 2.05) is 16.8 Å². The highest BCUT2D eigenvalue weighted by molar-refractivity contribution is 7.99. The Labute approximate surface area is 116 Å². The van der Waals surface area contributed by atoms with Gasteiger partial charge in [0.15, 0.2) is 5.82 Å². The lowest BCUT2D eigenvalue weighted by Gasteiger charge is -2.22. The molecule has 0 saturated carbocycles. The fourth-order valence-corrected chi connectivity index (χ4v) is 2.88. The van der Waals surface area contributed by atoms with E-state index in [9.17, 15) is 0 Å². The minimum absolute atomic E-state index is 0.433. The van der Waals surface area contributed by atoms with E-state index >= 15 is 0 Å². The molecule has 0 bridgehead atoms. The molecule has 100 valence electrons. The van der Waals surface area contributed by atoms with Crippen LogP contribution in [0.25, 0.3) is 0 Å². The van der Waals surface area contributed by atoms with Gasteiger partial charge in [0, 0.05) is 18.2 Å². The van der Waals surface area contributed by atoms with E-state index in [0.29, 0.717) is 6.04 Å². The van der Waals surface area contributed by atoms with Crippen LogP contribution >= 0.6 is 11.8 Å². The summed E-state index contributed by atoms with van der Waals surface area (Å²) in [6, 6.07) is 8.48. The van der Waals surface area contributed by atoms with Gasteiger partial charge in [-0.25, -0.2) is 4.68 Å². The minimum atomic E-state index is 0.433. The van der Waals surface area contributed by atoms with Crippen molar-refractivity contribution in [2.24, 2.45) is 0 Å². The topological polar surface area (TPSA) is 52.0 Å². The molecule has 1 aliphatic heterocycles. The van der Waals surface area contributed by atoms with Crippen molar-refractivity contribution in [3.63, 3.8) is 0 Å².